The molecule has 0 radical (unpaired) electrons. The maximum absolute atomic E-state index is 10.8. The number of esters is 1. The number of carbonyl (C=O) groups excluding carboxylic acids is 1. The first-order valence-corrected chi connectivity index (χ1v) is 3.75. The minimum Gasteiger partial charge on any atom is -0.466 e. The van der Waals surface area contributed by atoms with E-state index in [1.165, 1.54) is 7.11 Å². The largest absolute Gasteiger partial charge is 0.466 e. The van der Waals surface area contributed by atoms with Crippen LogP contribution in [0.1, 0.15) is 12.8 Å². The van der Waals surface area contributed by atoms with Gasteiger partial charge in [0.1, 0.15) is 0 Å². The molecule has 4 nitrogen and oxygen atoms in total. The van der Waals surface area contributed by atoms with Gasteiger partial charge in [-0.15, -0.1) is 0 Å². The third-order valence-corrected chi connectivity index (χ3v) is 1.90. The number of nitrogens with zero attached hydrogens (tertiary/aromatic N) is 1. The van der Waals surface area contributed by atoms with Crippen LogP contribution < -0.4 is 0 Å². The number of aliphatic hydroxyl groups excluding tert-OH is 1. The number of likely N-dealkylation sites (tertiary alicyclic amines) is 1. The molecule has 11 heavy (non-hydrogen) atoms. The lowest BCUT2D eigenvalue weighted by Crippen LogP contribution is -2.39. The zero-order valence-corrected chi connectivity index (χ0v) is 6.62. The Morgan fingerprint density at radius 2 is 2.09 bits per heavy atom. The fraction of sp³-hybridized carbons (Fsp3) is 0.857. The molecule has 0 bridgehead atoms. The van der Waals surface area contributed by atoms with Crippen molar-refractivity contribution in [3.63, 3.8) is 0 Å². The minimum atomic E-state index is -1.05. The molecule has 0 amide bonds. The van der Waals surface area contributed by atoms with Gasteiger partial charge in [-0.25, -0.2) is 4.79 Å². The Labute approximate surface area is 65.8 Å². The maximum atomic E-state index is 10.8. The molecule has 0 spiro atoms. The summed E-state index contributed by atoms with van der Waals surface area (Å²) < 4.78 is 4.39. The summed E-state index contributed by atoms with van der Waals surface area (Å²) >= 11 is 0. The first kappa shape index (κ1) is 8.49. The summed E-state index contributed by atoms with van der Waals surface area (Å²) in [5.74, 6) is -0.563. The predicted octanol–water partition coefficient (Wildman–Crippen LogP) is -0.426. The van der Waals surface area contributed by atoms with E-state index in [2.05, 4.69) is 4.74 Å². The van der Waals surface area contributed by atoms with Gasteiger partial charge in [-0.05, 0) is 12.8 Å². The molecule has 1 aliphatic rings. The monoisotopic (exact) mass is 159 g/mol. The summed E-state index contributed by atoms with van der Waals surface area (Å²) in [6, 6.07) is 0. The van der Waals surface area contributed by atoms with E-state index in [-0.39, 0.29) is 0 Å². The molecule has 0 saturated carbocycles. The van der Waals surface area contributed by atoms with E-state index in [0.717, 1.165) is 25.9 Å². The summed E-state index contributed by atoms with van der Waals surface area (Å²) in [5, 5.41) is 9.27. The first-order chi connectivity index (χ1) is 5.25. The van der Waals surface area contributed by atoms with Gasteiger partial charge in [-0.3, -0.25) is 4.90 Å². The number of ether oxygens (including phenoxy) is 1. The van der Waals surface area contributed by atoms with Crippen LogP contribution in [0.2, 0.25) is 0 Å². The van der Waals surface area contributed by atoms with Gasteiger partial charge in [-0.2, -0.15) is 0 Å². The summed E-state index contributed by atoms with van der Waals surface area (Å²) in [6.07, 6.45) is 1.05. The highest BCUT2D eigenvalue weighted by molar-refractivity contribution is 5.73. The van der Waals surface area contributed by atoms with Gasteiger partial charge in [0.2, 0.25) is 6.23 Å². The molecule has 0 unspecified atom stereocenters. The molecule has 0 aromatic rings. The lowest BCUT2D eigenvalue weighted by molar-refractivity contribution is -0.160. The molecular weight excluding hydrogens is 146 g/mol. The van der Waals surface area contributed by atoms with Crippen LogP contribution in [-0.2, 0) is 9.53 Å². The molecule has 1 fully saturated rings. The Balaban J connectivity index is 2.39. The molecule has 4 heteroatoms. The standard InChI is InChI=1S/C7H13NO3/c1-11-7(10)6(9)8-4-2-3-5-8/h6,9H,2-5H2,1H3/t6-/m1/s1. The van der Waals surface area contributed by atoms with Crippen molar-refractivity contribution >= 4 is 5.97 Å². The highest BCUT2D eigenvalue weighted by Gasteiger charge is 2.25. The van der Waals surface area contributed by atoms with E-state index in [0.29, 0.717) is 0 Å². The molecule has 1 rings (SSSR count). The molecule has 64 valence electrons. The van der Waals surface area contributed by atoms with Gasteiger partial charge in [-0.1, -0.05) is 0 Å². The van der Waals surface area contributed by atoms with E-state index in [1.54, 1.807) is 4.90 Å². The summed E-state index contributed by atoms with van der Waals surface area (Å²) in [5.41, 5.74) is 0. The number of carbonyl (C=O) groups is 1. The highest BCUT2D eigenvalue weighted by atomic mass is 16.5. The smallest absolute Gasteiger partial charge is 0.350 e. The second-order valence-electron chi connectivity index (χ2n) is 2.64. The normalized spacial score (nSPS) is 21.6. The van der Waals surface area contributed by atoms with Gasteiger partial charge < -0.3 is 9.84 Å². The minimum absolute atomic E-state index is 0.563. The third kappa shape index (κ3) is 1.91. The second-order valence-corrected chi connectivity index (χ2v) is 2.64. The molecule has 1 aliphatic heterocycles. The second kappa shape index (κ2) is 3.69. The lowest BCUT2D eigenvalue weighted by Gasteiger charge is -2.19. The fourth-order valence-corrected chi connectivity index (χ4v) is 1.24. The average molecular weight is 159 g/mol. The van der Waals surface area contributed by atoms with Crippen molar-refractivity contribution in [2.45, 2.75) is 19.1 Å². The topological polar surface area (TPSA) is 49.8 Å². The van der Waals surface area contributed by atoms with Crippen molar-refractivity contribution in [3.05, 3.63) is 0 Å². The van der Waals surface area contributed by atoms with E-state index in [1.807, 2.05) is 0 Å². The van der Waals surface area contributed by atoms with Crippen LogP contribution in [0.3, 0.4) is 0 Å². The van der Waals surface area contributed by atoms with Crippen LogP contribution in [0.25, 0.3) is 0 Å². The maximum Gasteiger partial charge on any atom is 0.350 e. The van der Waals surface area contributed by atoms with E-state index < -0.39 is 12.2 Å². The molecule has 0 aromatic carbocycles. The Morgan fingerprint density at radius 1 is 1.55 bits per heavy atom. The molecule has 0 aliphatic carbocycles. The van der Waals surface area contributed by atoms with Crippen LogP contribution in [0.5, 0.6) is 0 Å². The van der Waals surface area contributed by atoms with Crippen molar-refractivity contribution in [2.24, 2.45) is 0 Å². The van der Waals surface area contributed by atoms with Crippen LogP contribution in [0, 0.1) is 0 Å². The van der Waals surface area contributed by atoms with Crippen LogP contribution in [-0.4, -0.2) is 42.4 Å². The summed E-state index contributed by atoms with van der Waals surface area (Å²) in [7, 11) is 1.28. The Bertz CT molecular complexity index is 143. The zero-order chi connectivity index (χ0) is 8.27. The number of aliphatic hydroxyl groups is 1. The molecule has 0 aromatic heterocycles. The van der Waals surface area contributed by atoms with Gasteiger partial charge in [0.25, 0.3) is 0 Å². The van der Waals surface area contributed by atoms with Crippen molar-refractivity contribution in [1.29, 1.82) is 0 Å². The first-order valence-electron chi connectivity index (χ1n) is 3.75. The number of rotatable bonds is 2. The number of hydrogen-bond donors (Lipinski definition) is 1. The highest BCUT2D eigenvalue weighted by Crippen LogP contribution is 2.10. The van der Waals surface area contributed by atoms with E-state index in [9.17, 15) is 9.90 Å². The Kier molecular flexibility index (Phi) is 2.84. The Morgan fingerprint density at radius 3 is 2.55 bits per heavy atom. The average Bonchev–Trinajstić information content (AvgIpc) is 2.53. The van der Waals surface area contributed by atoms with Crippen LogP contribution >= 0.6 is 0 Å². The van der Waals surface area contributed by atoms with Gasteiger partial charge in [0, 0.05) is 13.1 Å². The third-order valence-electron chi connectivity index (χ3n) is 1.90. The Hall–Kier alpha value is -0.610. The fourth-order valence-electron chi connectivity index (χ4n) is 1.24. The van der Waals surface area contributed by atoms with E-state index >= 15 is 0 Å². The summed E-state index contributed by atoms with van der Waals surface area (Å²) in [6.45, 7) is 1.58. The predicted molar refractivity (Wildman–Crippen MR) is 38.8 cm³/mol. The molecule has 1 atom stereocenters. The molecule has 1 saturated heterocycles. The van der Waals surface area contributed by atoms with Gasteiger partial charge in [0.15, 0.2) is 0 Å². The van der Waals surface area contributed by atoms with Gasteiger partial charge >= 0.3 is 5.97 Å². The van der Waals surface area contributed by atoms with Crippen molar-refractivity contribution in [3.8, 4) is 0 Å². The molecule has 1 N–H and O–H groups in total. The van der Waals surface area contributed by atoms with Crippen molar-refractivity contribution < 1.29 is 14.6 Å². The van der Waals surface area contributed by atoms with E-state index in [4.69, 9.17) is 0 Å². The number of methoxy groups -OCH3 is 1. The van der Waals surface area contributed by atoms with Crippen molar-refractivity contribution in [2.75, 3.05) is 20.2 Å². The molecular formula is C7H13NO3. The van der Waals surface area contributed by atoms with Crippen molar-refractivity contribution in [1.82, 2.24) is 4.90 Å². The van der Waals surface area contributed by atoms with Crippen LogP contribution in [0.15, 0.2) is 0 Å². The lowest BCUT2D eigenvalue weighted by atomic mass is 10.4. The zero-order valence-electron chi connectivity index (χ0n) is 6.62. The number of hydrogen-bond acceptors (Lipinski definition) is 4. The molecule has 1 heterocycles. The SMILES string of the molecule is COC(=O)[C@@H](O)N1CCCC1. The van der Waals surface area contributed by atoms with Crippen LogP contribution in [0.4, 0.5) is 0 Å². The summed E-state index contributed by atoms with van der Waals surface area (Å²) in [4.78, 5) is 12.5. The quantitative estimate of drug-likeness (QED) is 0.556. The van der Waals surface area contributed by atoms with Gasteiger partial charge in [0.05, 0.1) is 7.11 Å².